The van der Waals surface area contributed by atoms with Gasteiger partial charge in [-0.05, 0) is 57.5 Å². The highest BCUT2D eigenvalue weighted by Gasteiger charge is 2.33. The number of H-pyrrole nitrogens is 1. The van der Waals surface area contributed by atoms with E-state index in [2.05, 4.69) is 9.98 Å². The minimum atomic E-state index is -0.654. The Kier molecular flexibility index (Phi) is 6.36. The third-order valence-corrected chi connectivity index (χ3v) is 6.98. The lowest BCUT2D eigenvalue weighted by atomic mass is 9.96. The summed E-state index contributed by atoms with van der Waals surface area (Å²) >= 11 is 1.31. The molecular formula is C28H27N3O4S. The number of aromatic nitrogens is 2. The van der Waals surface area contributed by atoms with Crippen LogP contribution in [0.1, 0.15) is 44.9 Å². The van der Waals surface area contributed by atoms with E-state index in [1.54, 1.807) is 18.4 Å². The van der Waals surface area contributed by atoms with Gasteiger partial charge in [0.25, 0.3) is 5.56 Å². The van der Waals surface area contributed by atoms with Crippen LogP contribution in [0.25, 0.3) is 17.0 Å². The normalized spacial score (nSPS) is 15.8. The highest BCUT2D eigenvalue weighted by atomic mass is 32.1. The number of benzene rings is 2. The van der Waals surface area contributed by atoms with E-state index < -0.39 is 12.0 Å². The minimum absolute atomic E-state index is 0.0373. The van der Waals surface area contributed by atoms with Crippen molar-refractivity contribution in [3.05, 3.63) is 96.8 Å². The molecule has 2 aromatic carbocycles. The first-order valence-electron chi connectivity index (χ1n) is 11.9. The molecule has 2 aromatic heterocycles. The summed E-state index contributed by atoms with van der Waals surface area (Å²) in [4.78, 5) is 35.3. The third kappa shape index (κ3) is 4.28. The van der Waals surface area contributed by atoms with Gasteiger partial charge in [0.1, 0.15) is 5.75 Å². The van der Waals surface area contributed by atoms with Crippen molar-refractivity contribution in [1.82, 2.24) is 9.55 Å². The van der Waals surface area contributed by atoms with Crippen LogP contribution >= 0.6 is 11.3 Å². The number of ether oxygens (including phenoxy) is 2. The molecule has 1 atom stereocenters. The number of nitrogens with zero attached hydrogens (tertiary/aromatic N) is 2. The number of fused-ring (bicyclic) bond motifs is 2. The van der Waals surface area contributed by atoms with Gasteiger partial charge < -0.3 is 14.5 Å². The molecule has 0 aliphatic carbocycles. The first-order valence-corrected chi connectivity index (χ1v) is 12.7. The molecule has 1 N–H and O–H groups in total. The van der Waals surface area contributed by atoms with Crippen molar-refractivity contribution in [3.63, 3.8) is 0 Å². The van der Waals surface area contributed by atoms with Crippen molar-refractivity contribution in [3.8, 4) is 5.75 Å². The Hall–Kier alpha value is -3.91. The molecule has 1 aliphatic rings. The molecule has 0 saturated heterocycles. The minimum Gasteiger partial charge on any atom is -0.491 e. The summed E-state index contributed by atoms with van der Waals surface area (Å²) in [5.74, 6) is 0.246. The molecule has 0 spiro atoms. The van der Waals surface area contributed by atoms with E-state index in [0.717, 1.165) is 27.8 Å². The zero-order valence-electron chi connectivity index (χ0n) is 20.6. The van der Waals surface area contributed by atoms with Crippen LogP contribution in [0, 0.1) is 0 Å². The quantitative estimate of drug-likeness (QED) is 0.404. The van der Waals surface area contributed by atoms with E-state index in [9.17, 15) is 9.59 Å². The molecular weight excluding hydrogens is 474 g/mol. The molecule has 0 bridgehead atoms. The van der Waals surface area contributed by atoms with Crippen molar-refractivity contribution in [2.24, 2.45) is 4.99 Å². The molecule has 8 heteroatoms. The Morgan fingerprint density at radius 1 is 1.19 bits per heavy atom. The fraction of sp³-hybridized carbons (Fsp3) is 0.250. The van der Waals surface area contributed by atoms with Crippen LogP contribution in [0.15, 0.2) is 75.8 Å². The van der Waals surface area contributed by atoms with Gasteiger partial charge >= 0.3 is 5.97 Å². The number of rotatable bonds is 6. The van der Waals surface area contributed by atoms with E-state index in [1.165, 1.54) is 11.3 Å². The molecule has 3 heterocycles. The number of thiazole rings is 1. The van der Waals surface area contributed by atoms with Gasteiger partial charge in [0.15, 0.2) is 4.80 Å². The van der Waals surface area contributed by atoms with E-state index in [4.69, 9.17) is 9.47 Å². The maximum atomic E-state index is 13.8. The van der Waals surface area contributed by atoms with Gasteiger partial charge in [0.2, 0.25) is 0 Å². The van der Waals surface area contributed by atoms with Crippen LogP contribution < -0.4 is 19.6 Å². The molecule has 0 fully saturated rings. The van der Waals surface area contributed by atoms with Gasteiger partial charge in [-0.15, -0.1) is 0 Å². The maximum Gasteiger partial charge on any atom is 0.338 e. The topological polar surface area (TPSA) is 85.7 Å². The van der Waals surface area contributed by atoms with Crippen LogP contribution in [-0.4, -0.2) is 28.2 Å². The van der Waals surface area contributed by atoms with Crippen LogP contribution in [0.4, 0.5) is 0 Å². The summed E-state index contributed by atoms with van der Waals surface area (Å²) in [6.45, 7) is 7.70. The molecule has 0 amide bonds. The number of hydrogen-bond acceptors (Lipinski definition) is 6. The number of hydrogen-bond donors (Lipinski definition) is 1. The summed E-state index contributed by atoms with van der Waals surface area (Å²) in [5, 5.41) is 1.03. The fourth-order valence-electron chi connectivity index (χ4n) is 4.46. The zero-order valence-corrected chi connectivity index (χ0v) is 21.4. The predicted octanol–water partition coefficient (Wildman–Crippen LogP) is 4.07. The Labute approximate surface area is 212 Å². The van der Waals surface area contributed by atoms with Gasteiger partial charge in [-0.3, -0.25) is 9.36 Å². The van der Waals surface area contributed by atoms with Gasteiger partial charge in [0.05, 0.1) is 34.6 Å². The summed E-state index contributed by atoms with van der Waals surface area (Å²) in [6, 6.07) is 14.8. The first-order chi connectivity index (χ1) is 17.4. The van der Waals surface area contributed by atoms with Gasteiger partial charge in [0, 0.05) is 22.7 Å². The van der Waals surface area contributed by atoms with Crippen LogP contribution in [0.3, 0.4) is 0 Å². The van der Waals surface area contributed by atoms with Gasteiger partial charge in [-0.2, -0.15) is 0 Å². The SMILES string of the molecule is CCOC(=O)C1=C(C)N=c2sc(=Cc3c[nH]c4ccccc34)c(=O)n2[C@@H]1c1ccc(OC(C)C)cc1. The van der Waals surface area contributed by atoms with Crippen molar-refractivity contribution < 1.29 is 14.3 Å². The second-order valence-electron chi connectivity index (χ2n) is 8.83. The molecule has 0 unspecified atom stereocenters. The van der Waals surface area contributed by atoms with Crippen molar-refractivity contribution in [2.75, 3.05) is 6.61 Å². The molecule has 184 valence electrons. The van der Waals surface area contributed by atoms with Crippen molar-refractivity contribution in [1.29, 1.82) is 0 Å². The van der Waals surface area contributed by atoms with Crippen LogP contribution in [-0.2, 0) is 9.53 Å². The third-order valence-electron chi connectivity index (χ3n) is 5.99. The van der Waals surface area contributed by atoms with Crippen molar-refractivity contribution >= 4 is 34.3 Å². The van der Waals surface area contributed by atoms with Crippen LogP contribution in [0.2, 0.25) is 0 Å². The number of nitrogens with one attached hydrogen (secondary N) is 1. The smallest absolute Gasteiger partial charge is 0.338 e. The average molecular weight is 502 g/mol. The number of carbonyl (C=O) groups excluding carboxylic acids is 1. The van der Waals surface area contributed by atoms with Gasteiger partial charge in [-0.1, -0.05) is 41.7 Å². The number of para-hydroxylation sites is 1. The summed E-state index contributed by atoms with van der Waals surface area (Å²) in [5.41, 5.74) is 3.40. The molecule has 0 radical (unpaired) electrons. The van der Waals surface area contributed by atoms with Gasteiger partial charge in [-0.25, -0.2) is 9.79 Å². The van der Waals surface area contributed by atoms with E-state index in [0.29, 0.717) is 20.6 Å². The summed E-state index contributed by atoms with van der Waals surface area (Å²) in [7, 11) is 0. The first kappa shape index (κ1) is 23.8. The lowest BCUT2D eigenvalue weighted by Gasteiger charge is -2.25. The lowest BCUT2D eigenvalue weighted by molar-refractivity contribution is -0.139. The molecule has 4 aromatic rings. The number of esters is 1. The Morgan fingerprint density at radius 2 is 1.94 bits per heavy atom. The lowest BCUT2D eigenvalue weighted by Crippen LogP contribution is -2.39. The number of aromatic amines is 1. The highest BCUT2D eigenvalue weighted by molar-refractivity contribution is 7.07. The standard InChI is InChI=1S/C28H27N3O4S/c1-5-34-27(33)24-17(4)30-28-31(25(24)18-10-12-20(13-11-18)35-16(2)3)26(32)23(36-28)14-19-15-29-22-9-7-6-8-21(19)22/h6-16,25,29H,5H2,1-4H3/t25-/m1/s1. The molecule has 7 nitrogen and oxygen atoms in total. The largest absolute Gasteiger partial charge is 0.491 e. The molecule has 1 aliphatic heterocycles. The van der Waals surface area contributed by atoms with Crippen molar-refractivity contribution in [2.45, 2.75) is 39.8 Å². The van der Waals surface area contributed by atoms with Crippen LogP contribution in [0.5, 0.6) is 5.75 Å². The highest BCUT2D eigenvalue weighted by Crippen LogP contribution is 2.31. The fourth-order valence-corrected chi connectivity index (χ4v) is 5.50. The summed E-state index contributed by atoms with van der Waals surface area (Å²) < 4.78 is 13.3. The number of carbonyl (C=O) groups is 1. The van der Waals surface area contributed by atoms with E-state index in [-0.39, 0.29) is 18.3 Å². The second-order valence-corrected chi connectivity index (χ2v) is 9.84. The predicted molar refractivity (Wildman–Crippen MR) is 141 cm³/mol. The average Bonchev–Trinajstić information content (AvgIpc) is 3.39. The van der Waals surface area contributed by atoms with E-state index in [1.807, 2.05) is 74.7 Å². The molecule has 5 rings (SSSR count). The Balaban J connectivity index is 1.68. The number of allylic oxidation sites excluding steroid dienone is 1. The Morgan fingerprint density at radius 3 is 2.67 bits per heavy atom. The second kappa shape index (κ2) is 9.62. The maximum absolute atomic E-state index is 13.8. The molecule has 0 saturated carbocycles. The summed E-state index contributed by atoms with van der Waals surface area (Å²) in [6.07, 6.45) is 3.81. The molecule has 36 heavy (non-hydrogen) atoms. The Bertz CT molecular complexity index is 1660. The van der Waals surface area contributed by atoms with E-state index >= 15 is 0 Å². The zero-order chi connectivity index (χ0) is 25.4. The monoisotopic (exact) mass is 501 g/mol.